The molecule has 0 bridgehead atoms. The molecule has 0 aliphatic carbocycles. The summed E-state index contributed by atoms with van der Waals surface area (Å²) in [4.78, 5) is 13.6. The lowest BCUT2D eigenvalue weighted by molar-refractivity contribution is -0.118. The number of nitrogens with two attached hydrogens (primary N) is 1. The van der Waals surface area contributed by atoms with Gasteiger partial charge in [0.15, 0.2) is 0 Å². The molecule has 1 heterocycles. The molecule has 4 rings (SSSR count). The number of benzene rings is 3. The van der Waals surface area contributed by atoms with Gasteiger partial charge < -0.3 is 16.4 Å². The van der Waals surface area contributed by atoms with Crippen LogP contribution in [0.2, 0.25) is 5.02 Å². The Kier molecular flexibility index (Phi) is 10.2. The number of halogens is 2. The third-order valence-corrected chi connectivity index (χ3v) is 10.0. The first kappa shape index (κ1) is 31.1. The predicted molar refractivity (Wildman–Crippen MR) is 162 cm³/mol. The summed E-state index contributed by atoms with van der Waals surface area (Å²) in [6, 6.07) is 18.6. The molecule has 1 amide bonds. The molecule has 7 nitrogen and oxygen atoms in total. The van der Waals surface area contributed by atoms with Crippen molar-refractivity contribution >= 4 is 33.2 Å². The number of piperazine rings is 1. The van der Waals surface area contributed by atoms with E-state index in [9.17, 15) is 13.2 Å². The van der Waals surface area contributed by atoms with Crippen molar-refractivity contribution in [3.63, 3.8) is 0 Å². The number of hydrogen-bond acceptors (Lipinski definition) is 5. The molecule has 3 aromatic rings. The summed E-state index contributed by atoms with van der Waals surface area (Å²) >= 11 is 6.05. The lowest BCUT2D eigenvalue weighted by Gasteiger charge is -2.40. The molecular weight excluding hydrogens is 563 g/mol. The van der Waals surface area contributed by atoms with Crippen LogP contribution < -0.4 is 16.4 Å². The maximum Gasteiger partial charge on any atom is 0.243 e. The molecule has 0 unspecified atom stereocenters. The molecule has 1 aliphatic rings. The van der Waals surface area contributed by atoms with Crippen LogP contribution >= 0.6 is 11.6 Å². The molecule has 4 atom stereocenters. The summed E-state index contributed by atoms with van der Waals surface area (Å²) in [5.41, 5.74) is 8.02. The average Bonchev–Trinajstić information content (AvgIpc) is 2.94. The van der Waals surface area contributed by atoms with Crippen LogP contribution in [0.4, 0.5) is 10.1 Å². The topological polar surface area (TPSA) is 105 Å². The zero-order chi connectivity index (χ0) is 29.7. The van der Waals surface area contributed by atoms with E-state index in [1.807, 2.05) is 32.9 Å². The van der Waals surface area contributed by atoms with E-state index >= 15 is 4.39 Å². The van der Waals surface area contributed by atoms with Crippen molar-refractivity contribution < 1.29 is 17.6 Å². The van der Waals surface area contributed by atoms with Gasteiger partial charge in [-0.05, 0) is 67.6 Å². The van der Waals surface area contributed by atoms with Gasteiger partial charge in [-0.3, -0.25) is 4.79 Å². The zero-order valence-corrected chi connectivity index (χ0v) is 25.1. The van der Waals surface area contributed by atoms with Gasteiger partial charge in [0.05, 0.1) is 10.9 Å². The molecule has 1 aliphatic heterocycles. The van der Waals surface area contributed by atoms with Gasteiger partial charge >= 0.3 is 0 Å². The summed E-state index contributed by atoms with van der Waals surface area (Å²) in [5, 5.41) is 6.75. The van der Waals surface area contributed by atoms with Crippen LogP contribution in [-0.2, 0) is 21.2 Å². The predicted octanol–water partition coefficient (Wildman–Crippen LogP) is 5.17. The molecule has 41 heavy (non-hydrogen) atoms. The van der Waals surface area contributed by atoms with Crippen LogP contribution in [0.1, 0.15) is 44.2 Å². The molecular formula is C31H38ClFN4O3S. The molecule has 0 spiro atoms. The first-order valence-electron chi connectivity index (χ1n) is 13.9. The first-order valence-corrected chi connectivity index (χ1v) is 15.7. The average molecular weight is 601 g/mol. The third kappa shape index (κ3) is 7.16. The van der Waals surface area contributed by atoms with Gasteiger partial charge in [-0.2, -0.15) is 4.31 Å². The van der Waals surface area contributed by atoms with E-state index in [2.05, 4.69) is 10.6 Å². The number of carbonyl (C=O) groups excluding carboxylic acids is 1. The van der Waals surface area contributed by atoms with Gasteiger partial charge in [-0.1, -0.05) is 61.8 Å². The minimum Gasteiger partial charge on any atom is -0.324 e. The Morgan fingerprint density at radius 3 is 2.41 bits per heavy atom. The van der Waals surface area contributed by atoms with Crippen LogP contribution in [0.15, 0.2) is 77.7 Å². The summed E-state index contributed by atoms with van der Waals surface area (Å²) < 4.78 is 43.9. The van der Waals surface area contributed by atoms with E-state index < -0.39 is 33.8 Å². The molecule has 1 fully saturated rings. The summed E-state index contributed by atoms with van der Waals surface area (Å²) in [6.45, 7) is 6.81. The van der Waals surface area contributed by atoms with Crippen LogP contribution in [-0.4, -0.2) is 49.8 Å². The molecule has 220 valence electrons. The lowest BCUT2D eigenvalue weighted by Crippen LogP contribution is -2.58. The van der Waals surface area contributed by atoms with E-state index in [-0.39, 0.29) is 29.2 Å². The van der Waals surface area contributed by atoms with E-state index in [0.29, 0.717) is 35.8 Å². The largest absolute Gasteiger partial charge is 0.324 e. The van der Waals surface area contributed by atoms with E-state index in [0.717, 1.165) is 5.56 Å². The van der Waals surface area contributed by atoms with Gasteiger partial charge in [0.2, 0.25) is 15.9 Å². The van der Waals surface area contributed by atoms with Crippen molar-refractivity contribution in [1.29, 1.82) is 0 Å². The maximum atomic E-state index is 15.2. The SMILES string of the molecule is CC(C)[C@H](c1ccc(Cl)cc1)[C@H](N)C(=O)Nc1cccc(F)c1CC[C@H]1CNC[C@@H](C)N1S(=O)(=O)c1ccccc1. The maximum absolute atomic E-state index is 15.2. The monoisotopic (exact) mass is 600 g/mol. The normalized spacial score (nSPS) is 19.6. The minimum atomic E-state index is -3.76. The number of rotatable bonds is 10. The van der Waals surface area contributed by atoms with Crippen molar-refractivity contribution in [3.05, 3.63) is 94.8 Å². The zero-order valence-electron chi connectivity index (χ0n) is 23.6. The fraction of sp³-hybridized carbons (Fsp3) is 0.387. The summed E-state index contributed by atoms with van der Waals surface area (Å²) in [6.07, 6.45) is 0.584. The minimum absolute atomic E-state index is 0.0576. The molecule has 0 aromatic heterocycles. The number of carbonyl (C=O) groups is 1. The number of anilines is 1. The second-order valence-electron chi connectivity index (χ2n) is 11.0. The highest BCUT2D eigenvalue weighted by molar-refractivity contribution is 7.89. The van der Waals surface area contributed by atoms with Gasteiger partial charge in [-0.25, -0.2) is 12.8 Å². The van der Waals surface area contributed by atoms with Crippen LogP contribution in [0.3, 0.4) is 0 Å². The molecule has 4 N–H and O–H groups in total. The lowest BCUT2D eigenvalue weighted by atomic mass is 9.82. The standard InChI is InChI=1S/C31H38ClFN4O3S/c1-20(2)29(22-12-14-23(32)15-13-22)30(34)31(38)36-28-11-7-10-27(33)26(28)17-16-24-19-35-18-21(3)37(24)41(39,40)25-8-5-4-6-9-25/h4-15,20-21,24,29-30,35H,16-19,34H2,1-3H3,(H,36,38)/t21-,24+,29-,30+/m1/s1. The van der Waals surface area contributed by atoms with Crippen molar-refractivity contribution in [2.24, 2.45) is 11.7 Å². The second-order valence-corrected chi connectivity index (χ2v) is 13.2. The Labute approximate surface area is 247 Å². The molecule has 0 saturated carbocycles. The highest BCUT2D eigenvalue weighted by atomic mass is 35.5. The van der Waals surface area contributed by atoms with Gasteiger partial charge in [0, 0.05) is 47.4 Å². The van der Waals surface area contributed by atoms with Gasteiger partial charge in [-0.15, -0.1) is 0 Å². The van der Waals surface area contributed by atoms with Crippen molar-refractivity contribution in [1.82, 2.24) is 9.62 Å². The van der Waals surface area contributed by atoms with Crippen molar-refractivity contribution in [2.75, 3.05) is 18.4 Å². The van der Waals surface area contributed by atoms with Crippen molar-refractivity contribution in [2.45, 2.75) is 62.6 Å². The third-order valence-electron chi connectivity index (χ3n) is 7.70. The van der Waals surface area contributed by atoms with Crippen LogP contribution in [0.25, 0.3) is 0 Å². The van der Waals surface area contributed by atoms with Crippen molar-refractivity contribution in [3.8, 4) is 0 Å². The molecule has 1 saturated heterocycles. The summed E-state index contributed by atoms with van der Waals surface area (Å²) in [5.74, 6) is -1.12. The molecule has 0 radical (unpaired) electrons. The highest BCUT2D eigenvalue weighted by Crippen LogP contribution is 2.31. The fourth-order valence-corrected chi connectivity index (χ4v) is 7.68. The highest BCUT2D eigenvalue weighted by Gasteiger charge is 2.38. The Morgan fingerprint density at radius 1 is 1.07 bits per heavy atom. The number of amides is 1. The van der Waals surface area contributed by atoms with E-state index in [1.54, 1.807) is 48.5 Å². The first-order chi connectivity index (χ1) is 19.5. The Hall–Kier alpha value is -2.82. The van der Waals surface area contributed by atoms with Crippen LogP contribution in [0.5, 0.6) is 0 Å². The van der Waals surface area contributed by atoms with E-state index in [4.69, 9.17) is 17.3 Å². The number of sulfonamides is 1. The number of hydrogen-bond donors (Lipinski definition) is 3. The van der Waals surface area contributed by atoms with Gasteiger partial charge in [0.1, 0.15) is 5.82 Å². The fourth-order valence-electron chi connectivity index (χ4n) is 5.69. The molecule has 10 heteroatoms. The smallest absolute Gasteiger partial charge is 0.243 e. The van der Waals surface area contributed by atoms with E-state index in [1.165, 1.54) is 16.4 Å². The second kappa shape index (κ2) is 13.4. The molecule has 3 aromatic carbocycles. The summed E-state index contributed by atoms with van der Waals surface area (Å²) in [7, 11) is -3.76. The quantitative estimate of drug-likeness (QED) is 0.298. The van der Waals surface area contributed by atoms with Crippen LogP contribution in [0, 0.1) is 11.7 Å². The number of nitrogens with zero attached hydrogens (tertiary/aromatic N) is 1. The van der Waals surface area contributed by atoms with Gasteiger partial charge in [0.25, 0.3) is 0 Å². The Balaban J connectivity index is 1.54. The Morgan fingerprint density at radius 2 is 1.76 bits per heavy atom. The number of nitrogens with one attached hydrogen (secondary N) is 2. The Bertz CT molecular complexity index is 1440.